The van der Waals surface area contributed by atoms with Crippen molar-refractivity contribution in [2.45, 2.75) is 25.9 Å². The van der Waals surface area contributed by atoms with Crippen molar-refractivity contribution in [3.8, 4) is 0 Å². The van der Waals surface area contributed by atoms with Gasteiger partial charge >= 0.3 is 0 Å². The molecule has 21 heavy (non-hydrogen) atoms. The molecule has 110 valence electrons. The van der Waals surface area contributed by atoms with Gasteiger partial charge in [0.05, 0.1) is 0 Å². The molecule has 1 aromatic heterocycles. The van der Waals surface area contributed by atoms with Gasteiger partial charge in [-0.15, -0.1) is 0 Å². The molecule has 0 aliphatic heterocycles. The highest BCUT2D eigenvalue weighted by molar-refractivity contribution is 5.99. The zero-order valence-electron chi connectivity index (χ0n) is 12.1. The fourth-order valence-electron chi connectivity index (χ4n) is 2.01. The van der Waals surface area contributed by atoms with Crippen molar-refractivity contribution in [2.24, 2.45) is 0 Å². The number of pyridine rings is 1. The Morgan fingerprint density at radius 3 is 2.52 bits per heavy atom. The largest absolute Gasteiger partial charge is 0.368 e. The van der Waals surface area contributed by atoms with Crippen LogP contribution in [0.1, 0.15) is 35.8 Å². The minimum atomic E-state index is -0.550. The maximum atomic E-state index is 12.9. The third kappa shape index (κ3) is 3.86. The average Bonchev–Trinajstić information content (AvgIpc) is 2.46. The van der Waals surface area contributed by atoms with Crippen molar-refractivity contribution in [2.75, 3.05) is 5.32 Å². The molecule has 4 N–H and O–H groups in total. The smallest absolute Gasteiger partial charge is 0.224 e. The summed E-state index contributed by atoms with van der Waals surface area (Å²) in [5.74, 6) is 0.208. The molecule has 4 nitrogen and oxygen atoms in total. The Bertz CT molecular complexity index is 626. The van der Waals surface area contributed by atoms with Crippen LogP contribution in [0.15, 0.2) is 42.6 Å². The van der Waals surface area contributed by atoms with Crippen LogP contribution < -0.4 is 11.1 Å². The lowest BCUT2D eigenvalue weighted by Gasteiger charge is -2.12. The fraction of sp³-hybridized carbons (Fsp3) is 0.250. The number of benzene rings is 1. The number of hydrogen-bond acceptors (Lipinski definition) is 3. The average molecular weight is 288 g/mol. The van der Waals surface area contributed by atoms with Crippen LogP contribution in [0.2, 0.25) is 0 Å². The van der Waals surface area contributed by atoms with Crippen molar-refractivity contribution in [1.82, 2.24) is 4.98 Å². The number of hydrogen-bond donors (Lipinski definition) is 2. The Morgan fingerprint density at radius 1 is 1.24 bits per heavy atom. The molecule has 0 spiro atoms. The predicted octanol–water partition coefficient (Wildman–Crippen LogP) is 2.21. The second kappa shape index (κ2) is 6.45. The van der Waals surface area contributed by atoms with Gasteiger partial charge in [-0.2, -0.15) is 0 Å². The summed E-state index contributed by atoms with van der Waals surface area (Å²) in [5, 5.41) is 3.19. The summed E-state index contributed by atoms with van der Waals surface area (Å²) in [6.45, 7) is 4.03. The number of carbonyl (C=O) groups is 1. The quantitative estimate of drug-likeness (QED) is 0.829. The lowest BCUT2D eigenvalue weighted by Crippen LogP contribution is -2.57. The van der Waals surface area contributed by atoms with Crippen LogP contribution in [0.25, 0.3) is 0 Å². The third-order valence-corrected chi connectivity index (χ3v) is 3.07. The number of rotatable bonds is 5. The van der Waals surface area contributed by atoms with Crippen LogP contribution in [0.5, 0.6) is 0 Å². The topological polar surface area (TPSA) is 69.6 Å². The van der Waals surface area contributed by atoms with E-state index in [4.69, 9.17) is 0 Å². The van der Waals surface area contributed by atoms with Crippen LogP contribution in [0.4, 0.5) is 10.2 Å². The number of Topliss-reactive ketones (excluding diaryl/α,β-unsaturated/α-hetero) is 1. The van der Waals surface area contributed by atoms with E-state index in [2.05, 4.69) is 16.0 Å². The second-order valence-corrected chi connectivity index (χ2v) is 5.20. The maximum absolute atomic E-state index is 12.9. The SMILES string of the molecule is CC(C)Nc1cc(C([NH3+])C(=O)c2ccc(F)cc2)ccn1. The van der Waals surface area contributed by atoms with Crippen molar-refractivity contribution in [3.05, 3.63) is 59.5 Å². The van der Waals surface area contributed by atoms with Gasteiger partial charge < -0.3 is 11.1 Å². The van der Waals surface area contributed by atoms with Crippen LogP contribution in [0.3, 0.4) is 0 Å². The molecule has 2 rings (SSSR count). The van der Waals surface area contributed by atoms with E-state index in [0.29, 0.717) is 11.4 Å². The summed E-state index contributed by atoms with van der Waals surface area (Å²) < 4.78 is 12.9. The van der Waals surface area contributed by atoms with Gasteiger partial charge in [-0.3, -0.25) is 4.79 Å². The molecule has 0 bridgehead atoms. The molecule has 2 aromatic rings. The van der Waals surface area contributed by atoms with Gasteiger partial charge in [0.15, 0.2) is 6.04 Å². The standard InChI is InChI=1S/C16H18FN3O/c1-10(2)20-14-9-12(7-8-19-14)15(18)16(21)11-3-5-13(17)6-4-11/h3-10,15H,18H2,1-2H3,(H,19,20)/p+1. The molecular weight excluding hydrogens is 269 g/mol. The van der Waals surface area contributed by atoms with Crippen LogP contribution in [-0.4, -0.2) is 16.8 Å². The van der Waals surface area contributed by atoms with Gasteiger partial charge in [0.25, 0.3) is 0 Å². The summed E-state index contributed by atoms with van der Waals surface area (Å²) in [6.07, 6.45) is 1.65. The van der Waals surface area contributed by atoms with E-state index in [9.17, 15) is 9.18 Å². The molecule has 0 amide bonds. The number of aromatic nitrogens is 1. The second-order valence-electron chi connectivity index (χ2n) is 5.20. The lowest BCUT2D eigenvalue weighted by molar-refractivity contribution is -0.404. The first-order valence-electron chi connectivity index (χ1n) is 6.82. The Labute approximate surface area is 123 Å². The van der Waals surface area contributed by atoms with Crippen molar-refractivity contribution in [3.63, 3.8) is 0 Å². The highest BCUT2D eigenvalue weighted by atomic mass is 19.1. The Kier molecular flexibility index (Phi) is 4.65. The molecule has 1 heterocycles. The summed E-state index contributed by atoms with van der Waals surface area (Å²) in [7, 11) is 0. The van der Waals surface area contributed by atoms with E-state index in [1.54, 1.807) is 12.3 Å². The minimum absolute atomic E-state index is 0.142. The Hall–Kier alpha value is -2.27. The van der Waals surface area contributed by atoms with Gasteiger partial charge in [0.2, 0.25) is 5.78 Å². The van der Waals surface area contributed by atoms with Gasteiger partial charge in [-0.05, 0) is 50.2 Å². The van der Waals surface area contributed by atoms with E-state index in [1.165, 1.54) is 24.3 Å². The summed E-state index contributed by atoms with van der Waals surface area (Å²) in [5.41, 5.74) is 5.16. The van der Waals surface area contributed by atoms with Crippen molar-refractivity contribution >= 4 is 11.6 Å². The van der Waals surface area contributed by atoms with Crippen LogP contribution >= 0.6 is 0 Å². The molecule has 1 aromatic carbocycles. The number of carbonyl (C=O) groups excluding carboxylic acids is 1. The van der Waals surface area contributed by atoms with Gasteiger partial charge in [0, 0.05) is 23.4 Å². The van der Waals surface area contributed by atoms with E-state index in [1.807, 2.05) is 19.9 Å². The molecule has 0 aliphatic rings. The van der Waals surface area contributed by atoms with Gasteiger partial charge in [0.1, 0.15) is 11.6 Å². The Morgan fingerprint density at radius 2 is 1.90 bits per heavy atom. The van der Waals surface area contributed by atoms with E-state index in [-0.39, 0.29) is 17.6 Å². The molecule has 0 aliphatic carbocycles. The molecule has 0 saturated heterocycles. The van der Waals surface area contributed by atoms with E-state index in [0.717, 1.165) is 5.56 Å². The van der Waals surface area contributed by atoms with Crippen molar-refractivity contribution in [1.29, 1.82) is 0 Å². The third-order valence-electron chi connectivity index (χ3n) is 3.07. The van der Waals surface area contributed by atoms with Crippen molar-refractivity contribution < 1.29 is 14.9 Å². The fourth-order valence-corrected chi connectivity index (χ4v) is 2.01. The molecule has 5 heteroatoms. The molecule has 1 unspecified atom stereocenters. The first kappa shape index (κ1) is 15.1. The number of ketones is 1. The minimum Gasteiger partial charge on any atom is -0.368 e. The summed E-state index contributed by atoms with van der Waals surface area (Å²) in [4.78, 5) is 16.6. The predicted molar refractivity (Wildman–Crippen MR) is 79.4 cm³/mol. The zero-order valence-corrected chi connectivity index (χ0v) is 12.1. The molecule has 0 fully saturated rings. The highest BCUT2D eigenvalue weighted by Crippen LogP contribution is 2.17. The number of quaternary nitrogens is 1. The number of anilines is 1. The van der Waals surface area contributed by atoms with E-state index < -0.39 is 6.04 Å². The Balaban J connectivity index is 2.20. The van der Waals surface area contributed by atoms with E-state index >= 15 is 0 Å². The monoisotopic (exact) mass is 288 g/mol. The zero-order chi connectivity index (χ0) is 15.4. The number of nitrogens with one attached hydrogen (secondary N) is 1. The molecule has 1 atom stereocenters. The number of halogens is 1. The maximum Gasteiger partial charge on any atom is 0.224 e. The summed E-state index contributed by atoms with van der Waals surface area (Å²) >= 11 is 0. The lowest BCUT2D eigenvalue weighted by atomic mass is 9.99. The first-order chi connectivity index (χ1) is 9.97. The molecule has 0 saturated carbocycles. The summed E-state index contributed by atoms with van der Waals surface area (Å²) in [6, 6.07) is 8.80. The molecular formula is C16H19FN3O+. The van der Waals surface area contributed by atoms with Crippen LogP contribution in [-0.2, 0) is 0 Å². The van der Waals surface area contributed by atoms with Crippen LogP contribution in [0, 0.1) is 5.82 Å². The number of nitrogens with zero attached hydrogens (tertiary/aromatic N) is 1. The normalized spacial score (nSPS) is 12.2. The first-order valence-corrected chi connectivity index (χ1v) is 6.82. The highest BCUT2D eigenvalue weighted by Gasteiger charge is 2.22. The van der Waals surface area contributed by atoms with Gasteiger partial charge in [-0.1, -0.05) is 0 Å². The molecule has 0 radical (unpaired) electrons. The van der Waals surface area contributed by atoms with Gasteiger partial charge in [-0.25, -0.2) is 9.37 Å².